The predicted molar refractivity (Wildman–Crippen MR) is 118 cm³/mol. The zero-order valence-electron chi connectivity index (χ0n) is 18.0. The molecule has 26 heavy (non-hydrogen) atoms. The maximum Gasteiger partial charge on any atom is -0.0236 e. The SMILES string of the molecule is C=CC1CCC(CCCCC2CCC(CCCCCCCC)CC2)CC1. The number of hydrogen-bond donors (Lipinski definition) is 0. The van der Waals surface area contributed by atoms with Gasteiger partial charge in [0, 0.05) is 0 Å². The van der Waals surface area contributed by atoms with E-state index in [1.165, 1.54) is 96.3 Å². The lowest BCUT2D eigenvalue weighted by molar-refractivity contribution is 0.239. The second kappa shape index (κ2) is 13.8. The van der Waals surface area contributed by atoms with Crippen LogP contribution in [0.1, 0.15) is 129 Å². The van der Waals surface area contributed by atoms with Crippen molar-refractivity contribution < 1.29 is 0 Å². The highest BCUT2D eigenvalue weighted by atomic mass is 14.3. The van der Waals surface area contributed by atoms with Crippen molar-refractivity contribution in [2.75, 3.05) is 0 Å². The van der Waals surface area contributed by atoms with E-state index in [1.54, 1.807) is 25.7 Å². The van der Waals surface area contributed by atoms with Crippen molar-refractivity contribution in [2.45, 2.75) is 129 Å². The van der Waals surface area contributed by atoms with Gasteiger partial charge in [-0.3, -0.25) is 0 Å². The molecular weight excluding hydrogens is 312 g/mol. The number of allylic oxidation sites excluding steroid dienone is 1. The highest BCUT2D eigenvalue weighted by molar-refractivity contribution is 4.84. The van der Waals surface area contributed by atoms with Crippen LogP contribution in [0, 0.1) is 23.7 Å². The van der Waals surface area contributed by atoms with Gasteiger partial charge in [0.2, 0.25) is 0 Å². The molecule has 0 atom stereocenters. The van der Waals surface area contributed by atoms with E-state index in [0.717, 1.165) is 23.7 Å². The van der Waals surface area contributed by atoms with Crippen molar-refractivity contribution in [3.05, 3.63) is 12.7 Å². The molecule has 2 fully saturated rings. The Balaban J connectivity index is 1.41. The van der Waals surface area contributed by atoms with Gasteiger partial charge in [-0.1, -0.05) is 109 Å². The van der Waals surface area contributed by atoms with Crippen LogP contribution in [-0.4, -0.2) is 0 Å². The molecule has 0 aromatic heterocycles. The first kappa shape index (κ1) is 22.0. The molecule has 0 bridgehead atoms. The molecule has 0 unspecified atom stereocenters. The van der Waals surface area contributed by atoms with Crippen LogP contribution in [0.5, 0.6) is 0 Å². The summed E-state index contributed by atoms with van der Waals surface area (Å²) in [6.07, 6.45) is 30.5. The summed E-state index contributed by atoms with van der Waals surface area (Å²) in [7, 11) is 0. The summed E-state index contributed by atoms with van der Waals surface area (Å²) in [5.41, 5.74) is 0. The molecule has 2 aliphatic rings. The summed E-state index contributed by atoms with van der Waals surface area (Å²) in [5, 5.41) is 0. The van der Waals surface area contributed by atoms with Gasteiger partial charge in [0.15, 0.2) is 0 Å². The molecule has 0 aromatic carbocycles. The molecule has 0 N–H and O–H groups in total. The summed E-state index contributed by atoms with van der Waals surface area (Å²) in [4.78, 5) is 0. The van der Waals surface area contributed by atoms with E-state index in [0.29, 0.717) is 0 Å². The molecule has 0 aliphatic heterocycles. The highest BCUT2D eigenvalue weighted by Gasteiger charge is 2.21. The summed E-state index contributed by atoms with van der Waals surface area (Å²) in [5.74, 6) is 4.03. The van der Waals surface area contributed by atoms with Crippen molar-refractivity contribution in [3.8, 4) is 0 Å². The first-order chi connectivity index (χ1) is 12.8. The lowest BCUT2D eigenvalue weighted by Crippen LogP contribution is -2.15. The Kier molecular flexibility index (Phi) is 11.7. The van der Waals surface area contributed by atoms with Crippen LogP contribution < -0.4 is 0 Å². The van der Waals surface area contributed by atoms with Gasteiger partial charge in [-0.15, -0.1) is 6.58 Å². The molecule has 0 saturated heterocycles. The second-order valence-electron chi connectivity index (χ2n) is 9.74. The Labute approximate surface area is 165 Å². The average Bonchev–Trinajstić information content (AvgIpc) is 2.69. The van der Waals surface area contributed by atoms with Crippen LogP contribution in [0.2, 0.25) is 0 Å². The van der Waals surface area contributed by atoms with Gasteiger partial charge in [0.1, 0.15) is 0 Å². The molecule has 0 spiro atoms. The van der Waals surface area contributed by atoms with E-state index >= 15 is 0 Å². The van der Waals surface area contributed by atoms with Gasteiger partial charge >= 0.3 is 0 Å². The summed E-state index contributed by atoms with van der Waals surface area (Å²) >= 11 is 0. The molecule has 152 valence electrons. The van der Waals surface area contributed by atoms with E-state index in [1.807, 2.05) is 0 Å². The molecule has 2 aliphatic carbocycles. The smallest absolute Gasteiger partial charge is 0.0236 e. The summed E-state index contributed by atoms with van der Waals surface area (Å²) < 4.78 is 0. The normalized spacial score (nSPS) is 29.6. The maximum atomic E-state index is 3.97. The van der Waals surface area contributed by atoms with E-state index in [4.69, 9.17) is 0 Å². The van der Waals surface area contributed by atoms with Crippen LogP contribution in [-0.2, 0) is 0 Å². The Morgan fingerprint density at radius 3 is 1.42 bits per heavy atom. The molecular formula is C26H48. The zero-order chi connectivity index (χ0) is 18.5. The third kappa shape index (κ3) is 9.09. The number of hydrogen-bond acceptors (Lipinski definition) is 0. The van der Waals surface area contributed by atoms with Gasteiger partial charge in [0.05, 0.1) is 0 Å². The predicted octanol–water partition coefficient (Wildman–Crippen LogP) is 9.10. The fourth-order valence-electron chi connectivity index (χ4n) is 5.60. The molecule has 0 heteroatoms. The monoisotopic (exact) mass is 360 g/mol. The zero-order valence-corrected chi connectivity index (χ0v) is 18.0. The third-order valence-corrected chi connectivity index (χ3v) is 7.63. The molecule has 0 radical (unpaired) electrons. The minimum atomic E-state index is 0.831. The fourth-order valence-corrected chi connectivity index (χ4v) is 5.60. The molecule has 0 amide bonds. The van der Waals surface area contributed by atoms with Crippen molar-refractivity contribution >= 4 is 0 Å². The van der Waals surface area contributed by atoms with Gasteiger partial charge in [-0.25, -0.2) is 0 Å². The average molecular weight is 361 g/mol. The fraction of sp³-hybridized carbons (Fsp3) is 0.923. The first-order valence-corrected chi connectivity index (χ1v) is 12.4. The van der Waals surface area contributed by atoms with Crippen molar-refractivity contribution in [2.24, 2.45) is 23.7 Å². The Hall–Kier alpha value is -0.260. The Bertz CT molecular complexity index is 328. The lowest BCUT2D eigenvalue weighted by atomic mass is 9.77. The van der Waals surface area contributed by atoms with E-state index < -0.39 is 0 Å². The third-order valence-electron chi connectivity index (χ3n) is 7.63. The quantitative estimate of drug-likeness (QED) is 0.227. The molecule has 2 saturated carbocycles. The summed E-state index contributed by atoms with van der Waals surface area (Å²) in [6.45, 7) is 6.29. The molecule has 0 nitrogen and oxygen atoms in total. The Morgan fingerprint density at radius 2 is 0.962 bits per heavy atom. The van der Waals surface area contributed by atoms with Gasteiger partial charge in [0.25, 0.3) is 0 Å². The summed E-state index contributed by atoms with van der Waals surface area (Å²) in [6, 6.07) is 0. The minimum absolute atomic E-state index is 0.831. The maximum absolute atomic E-state index is 3.97. The second-order valence-corrected chi connectivity index (χ2v) is 9.74. The molecule has 2 rings (SSSR count). The number of unbranched alkanes of at least 4 members (excludes halogenated alkanes) is 6. The van der Waals surface area contributed by atoms with Gasteiger partial charge in [-0.05, 0) is 49.4 Å². The minimum Gasteiger partial charge on any atom is -0.103 e. The van der Waals surface area contributed by atoms with Crippen molar-refractivity contribution in [1.29, 1.82) is 0 Å². The van der Waals surface area contributed by atoms with Crippen LogP contribution in [0.3, 0.4) is 0 Å². The first-order valence-electron chi connectivity index (χ1n) is 12.4. The van der Waals surface area contributed by atoms with Crippen molar-refractivity contribution in [3.63, 3.8) is 0 Å². The Morgan fingerprint density at radius 1 is 0.577 bits per heavy atom. The van der Waals surface area contributed by atoms with E-state index in [9.17, 15) is 0 Å². The van der Waals surface area contributed by atoms with Crippen LogP contribution in [0.15, 0.2) is 12.7 Å². The van der Waals surface area contributed by atoms with E-state index in [2.05, 4.69) is 19.6 Å². The molecule has 0 aromatic rings. The number of rotatable bonds is 13. The van der Waals surface area contributed by atoms with Crippen LogP contribution in [0.25, 0.3) is 0 Å². The van der Waals surface area contributed by atoms with Crippen LogP contribution >= 0.6 is 0 Å². The van der Waals surface area contributed by atoms with Gasteiger partial charge in [-0.2, -0.15) is 0 Å². The highest BCUT2D eigenvalue weighted by Crippen LogP contribution is 2.36. The van der Waals surface area contributed by atoms with Gasteiger partial charge < -0.3 is 0 Å². The standard InChI is InChI=1S/C26H48/c1-3-5-6-7-8-9-12-24-19-21-26(22-20-24)14-11-10-13-25-17-15-23(4-2)16-18-25/h4,23-26H,2-3,5-22H2,1H3. The topological polar surface area (TPSA) is 0 Å². The lowest BCUT2D eigenvalue weighted by Gasteiger charge is -2.29. The molecule has 0 heterocycles. The van der Waals surface area contributed by atoms with E-state index in [-0.39, 0.29) is 0 Å². The van der Waals surface area contributed by atoms with Crippen molar-refractivity contribution in [1.82, 2.24) is 0 Å². The largest absolute Gasteiger partial charge is 0.103 e. The van der Waals surface area contributed by atoms with Crippen LogP contribution in [0.4, 0.5) is 0 Å².